The molecule has 2 N–H and O–H groups in total. The second-order valence-electron chi connectivity index (χ2n) is 6.72. The molecule has 9 nitrogen and oxygen atoms in total. The molecule has 3 rings (SSSR count). The molecule has 1 atom stereocenters. The van der Waals surface area contributed by atoms with Crippen molar-refractivity contribution in [3.05, 3.63) is 74.0 Å². The van der Waals surface area contributed by atoms with E-state index >= 15 is 0 Å². The Labute approximate surface area is 169 Å². The summed E-state index contributed by atoms with van der Waals surface area (Å²) >= 11 is 0. The van der Waals surface area contributed by atoms with Crippen LogP contribution in [-0.4, -0.2) is 33.8 Å². The normalized spacial score (nSPS) is 11.9. The van der Waals surface area contributed by atoms with Crippen molar-refractivity contribution in [2.75, 3.05) is 7.11 Å². The smallest absolute Gasteiger partial charge is 0.323 e. The maximum absolute atomic E-state index is 13.1. The van der Waals surface area contributed by atoms with Gasteiger partial charge in [-0.2, -0.15) is 0 Å². The summed E-state index contributed by atoms with van der Waals surface area (Å²) in [7, 11) is 1.15. The molecule has 30 heavy (non-hydrogen) atoms. The van der Waals surface area contributed by atoms with Crippen LogP contribution in [0.5, 0.6) is 5.75 Å². The van der Waals surface area contributed by atoms with Crippen molar-refractivity contribution >= 4 is 22.9 Å². The van der Waals surface area contributed by atoms with Gasteiger partial charge in [0, 0.05) is 17.2 Å². The van der Waals surface area contributed by atoms with E-state index in [2.05, 4.69) is 0 Å². The molecular weight excluding hydrogens is 394 g/mol. The number of aromatic nitrogens is 1. The van der Waals surface area contributed by atoms with E-state index in [9.17, 15) is 24.3 Å². The van der Waals surface area contributed by atoms with Crippen LogP contribution in [0.3, 0.4) is 0 Å². The summed E-state index contributed by atoms with van der Waals surface area (Å²) in [6.45, 7) is 0.822. The molecule has 0 radical (unpaired) electrons. The van der Waals surface area contributed by atoms with Gasteiger partial charge in [-0.25, -0.2) is 0 Å². The topological polar surface area (TPSA) is 136 Å². The van der Waals surface area contributed by atoms with Crippen LogP contribution in [0.2, 0.25) is 0 Å². The Morgan fingerprint density at radius 2 is 1.93 bits per heavy atom. The number of aromatic hydroxyl groups is 1. The minimum absolute atomic E-state index is 0.0303. The van der Waals surface area contributed by atoms with Crippen molar-refractivity contribution in [2.24, 2.45) is 0 Å². The minimum Gasteiger partial charge on any atom is -0.507 e. The SMILES string of the molecule is COC(=O)C[C@H](c1coc2ccccc2c1=O)c1c(O)cc(C)n(CC(=O)O)c1=O. The first-order chi connectivity index (χ1) is 14.2. The van der Waals surface area contributed by atoms with Gasteiger partial charge in [-0.3, -0.25) is 19.2 Å². The first-order valence-corrected chi connectivity index (χ1v) is 8.97. The molecule has 2 heterocycles. The number of hydrogen-bond donors (Lipinski definition) is 2. The average molecular weight is 413 g/mol. The minimum atomic E-state index is -1.26. The lowest BCUT2D eigenvalue weighted by molar-refractivity contribution is -0.141. The summed E-state index contributed by atoms with van der Waals surface area (Å²) in [6, 6.07) is 7.68. The van der Waals surface area contributed by atoms with Crippen LogP contribution in [0.1, 0.15) is 29.2 Å². The van der Waals surface area contributed by atoms with Gasteiger partial charge in [0.15, 0.2) is 5.43 Å². The number of benzene rings is 1. The number of ether oxygens (including phenoxy) is 1. The Morgan fingerprint density at radius 3 is 2.60 bits per heavy atom. The molecule has 0 unspecified atom stereocenters. The van der Waals surface area contributed by atoms with Crippen LogP contribution in [0.25, 0.3) is 11.0 Å². The van der Waals surface area contributed by atoms with E-state index in [1.165, 1.54) is 19.1 Å². The molecule has 0 aliphatic heterocycles. The van der Waals surface area contributed by atoms with Crippen molar-refractivity contribution in [1.29, 1.82) is 0 Å². The highest BCUT2D eigenvalue weighted by atomic mass is 16.5. The first kappa shape index (κ1) is 20.8. The summed E-state index contributed by atoms with van der Waals surface area (Å²) in [5.41, 5.74) is -1.08. The quantitative estimate of drug-likeness (QED) is 0.583. The number of methoxy groups -OCH3 is 1. The fourth-order valence-corrected chi connectivity index (χ4v) is 3.38. The molecule has 0 saturated carbocycles. The number of carbonyl (C=O) groups excluding carboxylic acids is 1. The summed E-state index contributed by atoms with van der Waals surface area (Å²) < 4.78 is 11.1. The number of rotatable bonds is 6. The van der Waals surface area contributed by atoms with E-state index in [1.54, 1.807) is 18.2 Å². The Kier molecular flexibility index (Phi) is 5.72. The first-order valence-electron chi connectivity index (χ1n) is 8.97. The second kappa shape index (κ2) is 8.24. The number of aliphatic carboxylic acids is 1. The van der Waals surface area contributed by atoms with E-state index in [0.717, 1.165) is 17.9 Å². The maximum atomic E-state index is 13.1. The molecular formula is C21H19NO8. The number of fused-ring (bicyclic) bond motifs is 1. The van der Waals surface area contributed by atoms with Gasteiger partial charge in [-0.1, -0.05) is 12.1 Å². The molecule has 0 aliphatic carbocycles. The zero-order valence-corrected chi connectivity index (χ0v) is 16.2. The highest BCUT2D eigenvalue weighted by molar-refractivity contribution is 5.78. The van der Waals surface area contributed by atoms with E-state index in [4.69, 9.17) is 14.3 Å². The lowest BCUT2D eigenvalue weighted by Crippen LogP contribution is -2.32. The summed E-state index contributed by atoms with van der Waals surface area (Å²) in [5.74, 6) is -3.64. The Bertz CT molecular complexity index is 1250. The Morgan fingerprint density at radius 1 is 1.23 bits per heavy atom. The van der Waals surface area contributed by atoms with E-state index in [1.807, 2.05) is 0 Å². The third-order valence-corrected chi connectivity index (χ3v) is 4.85. The van der Waals surface area contributed by atoms with Gasteiger partial charge in [-0.15, -0.1) is 0 Å². The van der Waals surface area contributed by atoms with Crippen molar-refractivity contribution in [2.45, 2.75) is 25.8 Å². The lowest BCUT2D eigenvalue weighted by Gasteiger charge is -2.19. The molecule has 9 heteroatoms. The second-order valence-corrected chi connectivity index (χ2v) is 6.72. The number of pyridine rings is 1. The summed E-state index contributed by atoms with van der Waals surface area (Å²) in [6.07, 6.45) is 0.705. The number of nitrogens with zero attached hydrogens (tertiary/aromatic N) is 1. The fraction of sp³-hybridized carbons (Fsp3) is 0.238. The van der Waals surface area contributed by atoms with Crippen molar-refractivity contribution < 1.29 is 29.0 Å². The fourth-order valence-electron chi connectivity index (χ4n) is 3.38. The van der Waals surface area contributed by atoms with E-state index < -0.39 is 47.6 Å². The van der Waals surface area contributed by atoms with Crippen LogP contribution in [-0.2, 0) is 20.9 Å². The highest BCUT2D eigenvalue weighted by Crippen LogP contribution is 2.32. The number of hydrogen-bond acceptors (Lipinski definition) is 7. The molecule has 0 aliphatic rings. The van der Waals surface area contributed by atoms with Crippen LogP contribution >= 0.6 is 0 Å². The molecule has 3 aromatic rings. The molecule has 1 aromatic carbocycles. The molecule has 156 valence electrons. The standard InChI is InChI=1S/C21H19NO8/c1-11-7-15(23)19(21(28)22(11)9-17(24)25)13(8-18(26)29-2)14-10-30-16-6-4-3-5-12(16)20(14)27/h3-7,10,13,23H,8-9H2,1-2H3,(H,24,25)/t13-/m1/s1. The van der Waals surface area contributed by atoms with Crippen LogP contribution in [0.15, 0.2) is 50.6 Å². The number of carboxylic acid groups (broad SMARTS) is 1. The molecule has 0 bridgehead atoms. The zero-order chi connectivity index (χ0) is 22.0. The lowest BCUT2D eigenvalue weighted by atomic mass is 9.88. The zero-order valence-electron chi connectivity index (χ0n) is 16.2. The van der Waals surface area contributed by atoms with E-state index in [-0.39, 0.29) is 22.2 Å². The van der Waals surface area contributed by atoms with Gasteiger partial charge in [0.25, 0.3) is 5.56 Å². The van der Waals surface area contributed by atoms with Gasteiger partial charge in [0.1, 0.15) is 17.9 Å². The van der Waals surface area contributed by atoms with Gasteiger partial charge in [0.2, 0.25) is 0 Å². The van der Waals surface area contributed by atoms with Gasteiger partial charge in [-0.05, 0) is 25.1 Å². The Balaban J connectivity index is 2.30. The van der Waals surface area contributed by atoms with Crippen LogP contribution in [0, 0.1) is 6.92 Å². The third-order valence-electron chi connectivity index (χ3n) is 4.85. The third kappa shape index (κ3) is 3.82. The number of para-hydroxylation sites is 1. The largest absolute Gasteiger partial charge is 0.507 e. The van der Waals surface area contributed by atoms with Gasteiger partial charge < -0.3 is 23.9 Å². The maximum Gasteiger partial charge on any atom is 0.323 e. The number of esters is 1. The molecule has 0 saturated heterocycles. The predicted molar refractivity (Wildman–Crippen MR) is 106 cm³/mol. The average Bonchev–Trinajstić information content (AvgIpc) is 2.70. The van der Waals surface area contributed by atoms with Gasteiger partial charge in [0.05, 0.1) is 30.7 Å². The Hall–Kier alpha value is -3.88. The van der Waals surface area contributed by atoms with Crippen molar-refractivity contribution in [3.8, 4) is 5.75 Å². The molecule has 2 aromatic heterocycles. The van der Waals surface area contributed by atoms with Crippen LogP contribution < -0.4 is 11.0 Å². The predicted octanol–water partition coefficient (Wildman–Crippen LogP) is 1.75. The van der Waals surface area contributed by atoms with E-state index in [0.29, 0.717) is 5.58 Å². The number of carbonyl (C=O) groups is 2. The van der Waals surface area contributed by atoms with Crippen molar-refractivity contribution in [1.82, 2.24) is 4.57 Å². The van der Waals surface area contributed by atoms with Crippen molar-refractivity contribution in [3.63, 3.8) is 0 Å². The number of carboxylic acids is 1. The number of aryl methyl sites for hydroxylation is 1. The molecule has 0 spiro atoms. The summed E-state index contributed by atoms with van der Waals surface area (Å²) in [4.78, 5) is 49.4. The summed E-state index contributed by atoms with van der Waals surface area (Å²) in [5, 5.41) is 19.9. The van der Waals surface area contributed by atoms with Crippen LogP contribution in [0.4, 0.5) is 0 Å². The molecule has 0 amide bonds. The molecule has 0 fully saturated rings. The van der Waals surface area contributed by atoms with Gasteiger partial charge >= 0.3 is 11.9 Å². The monoisotopic (exact) mass is 413 g/mol. The highest BCUT2D eigenvalue weighted by Gasteiger charge is 2.29.